The molecule has 0 unspecified atom stereocenters. The Morgan fingerprint density at radius 1 is 1.14 bits per heavy atom. The number of sulfonamides is 1. The summed E-state index contributed by atoms with van der Waals surface area (Å²) in [6.07, 6.45) is 0.849. The highest BCUT2D eigenvalue weighted by Crippen LogP contribution is 2.32. The van der Waals surface area contributed by atoms with Crippen molar-refractivity contribution in [1.82, 2.24) is 10.0 Å². The monoisotopic (exact) mass is 424 g/mol. The maximum atomic E-state index is 12.2. The largest absolute Gasteiger partial charge is 0.490 e. The van der Waals surface area contributed by atoms with Crippen molar-refractivity contribution in [2.75, 3.05) is 38.7 Å². The van der Waals surface area contributed by atoms with Crippen LogP contribution in [0.3, 0.4) is 0 Å². The number of rotatable bonds is 6. The highest BCUT2D eigenvalue weighted by Gasteiger charge is 2.15. The molecular weight excluding hydrogens is 400 g/mol. The van der Waals surface area contributed by atoms with E-state index in [2.05, 4.69) is 20.3 Å². The van der Waals surface area contributed by atoms with E-state index in [0.29, 0.717) is 35.7 Å². The van der Waals surface area contributed by atoms with Crippen LogP contribution in [0.2, 0.25) is 0 Å². The van der Waals surface area contributed by atoms with E-state index >= 15 is 0 Å². The van der Waals surface area contributed by atoms with Crippen molar-refractivity contribution in [2.45, 2.75) is 17.6 Å². The molecule has 1 aliphatic heterocycles. The first-order chi connectivity index (χ1) is 13.5. The van der Waals surface area contributed by atoms with E-state index in [1.165, 1.54) is 11.3 Å². The zero-order chi connectivity index (χ0) is 20.0. The lowest BCUT2D eigenvalue weighted by atomic mass is 10.3. The number of nitrogens with one attached hydrogen (secondary N) is 3. The minimum atomic E-state index is -3.48. The average Bonchev–Trinajstić information content (AvgIpc) is 2.99. The minimum absolute atomic E-state index is 0.237. The summed E-state index contributed by atoms with van der Waals surface area (Å²) in [6.45, 7) is 3.76. The van der Waals surface area contributed by atoms with Crippen molar-refractivity contribution in [2.24, 2.45) is 4.99 Å². The standard InChI is InChI=1S/C18H24N4O4S2/c1-13-4-7-17(27-13)28(23,24)21-9-8-20-18(19-2)22-14-5-6-15-16(12-14)26-11-3-10-25-15/h4-7,12,21H,3,8-11H2,1-2H3,(H2,19,20,22). The average molecular weight is 425 g/mol. The van der Waals surface area contributed by atoms with Gasteiger partial charge < -0.3 is 20.1 Å². The second-order valence-corrected chi connectivity index (χ2v) is 9.38. The van der Waals surface area contributed by atoms with Crippen molar-refractivity contribution in [3.05, 3.63) is 35.2 Å². The van der Waals surface area contributed by atoms with Crippen LogP contribution in [-0.2, 0) is 10.0 Å². The predicted molar refractivity (Wildman–Crippen MR) is 111 cm³/mol. The number of hydrogen-bond donors (Lipinski definition) is 3. The quantitative estimate of drug-likeness (QED) is 0.373. The normalized spacial score (nSPS) is 14.4. The molecule has 0 aliphatic carbocycles. The molecule has 0 saturated heterocycles. The molecule has 3 rings (SSSR count). The van der Waals surface area contributed by atoms with Crippen LogP contribution in [0.5, 0.6) is 11.5 Å². The Labute approximate surface area is 169 Å². The van der Waals surface area contributed by atoms with Crippen LogP contribution in [0.1, 0.15) is 11.3 Å². The Kier molecular flexibility index (Phi) is 6.76. The molecule has 2 aromatic rings. The Balaban J connectivity index is 1.51. The van der Waals surface area contributed by atoms with Crippen LogP contribution < -0.4 is 24.8 Å². The van der Waals surface area contributed by atoms with Gasteiger partial charge in [0.25, 0.3) is 0 Å². The number of hydrogen-bond acceptors (Lipinski definition) is 6. The SMILES string of the molecule is CN=C(NCCNS(=O)(=O)c1ccc(C)s1)Nc1ccc2c(c1)OCCCO2. The lowest BCUT2D eigenvalue weighted by Crippen LogP contribution is -2.37. The Morgan fingerprint density at radius 2 is 1.93 bits per heavy atom. The summed E-state index contributed by atoms with van der Waals surface area (Å²) in [5.41, 5.74) is 0.798. The fourth-order valence-corrected chi connectivity index (χ4v) is 4.91. The molecule has 0 amide bonds. The van der Waals surface area contributed by atoms with E-state index in [1.807, 2.05) is 25.1 Å². The van der Waals surface area contributed by atoms with Gasteiger partial charge in [0.1, 0.15) is 4.21 Å². The zero-order valence-corrected chi connectivity index (χ0v) is 17.5. The summed E-state index contributed by atoms with van der Waals surface area (Å²) in [4.78, 5) is 5.11. The number of aliphatic imine (C=N–C) groups is 1. The summed E-state index contributed by atoms with van der Waals surface area (Å²) < 4.78 is 38.6. The second kappa shape index (κ2) is 9.26. The van der Waals surface area contributed by atoms with Gasteiger partial charge in [-0.05, 0) is 31.2 Å². The smallest absolute Gasteiger partial charge is 0.250 e. The number of anilines is 1. The number of aryl methyl sites for hydroxylation is 1. The first-order valence-electron chi connectivity index (χ1n) is 8.91. The maximum absolute atomic E-state index is 12.2. The van der Waals surface area contributed by atoms with Gasteiger partial charge in [0.15, 0.2) is 17.5 Å². The van der Waals surface area contributed by atoms with Crippen LogP contribution in [0.15, 0.2) is 39.5 Å². The molecule has 28 heavy (non-hydrogen) atoms. The molecular formula is C18H24N4O4S2. The lowest BCUT2D eigenvalue weighted by molar-refractivity contribution is 0.297. The molecule has 0 saturated carbocycles. The number of ether oxygens (including phenoxy) is 2. The van der Waals surface area contributed by atoms with Gasteiger partial charge in [0.05, 0.1) is 13.2 Å². The summed E-state index contributed by atoms with van der Waals surface area (Å²) in [5, 5.41) is 6.24. The number of benzene rings is 1. The van der Waals surface area contributed by atoms with Crippen molar-refractivity contribution >= 4 is 33.0 Å². The molecule has 0 spiro atoms. The highest BCUT2D eigenvalue weighted by molar-refractivity contribution is 7.91. The molecule has 0 fully saturated rings. The fourth-order valence-electron chi connectivity index (χ4n) is 2.55. The van der Waals surface area contributed by atoms with Crippen molar-refractivity contribution in [3.8, 4) is 11.5 Å². The van der Waals surface area contributed by atoms with E-state index in [4.69, 9.17) is 9.47 Å². The van der Waals surface area contributed by atoms with Crippen molar-refractivity contribution < 1.29 is 17.9 Å². The molecule has 3 N–H and O–H groups in total. The van der Waals surface area contributed by atoms with Crippen LogP contribution >= 0.6 is 11.3 Å². The summed E-state index contributed by atoms with van der Waals surface area (Å²) in [7, 11) is -1.83. The van der Waals surface area contributed by atoms with Crippen LogP contribution in [0.4, 0.5) is 5.69 Å². The van der Waals surface area contributed by atoms with Gasteiger partial charge in [-0.3, -0.25) is 4.99 Å². The fraction of sp³-hybridized carbons (Fsp3) is 0.389. The third-order valence-electron chi connectivity index (χ3n) is 3.92. The van der Waals surface area contributed by atoms with Crippen LogP contribution in [-0.4, -0.2) is 47.7 Å². The van der Waals surface area contributed by atoms with Gasteiger partial charge >= 0.3 is 0 Å². The molecule has 1 aliphatic rings. The Bertz CT molecular complexity index is 941. The van der Waals surface area contributed by atoms with Gasteiger partial charge in [0.2, 0.25) is 10.0 Å². The van der Waals surface area contributed by atoms with Crippen molar-refractivity contribution in [1.29, 1.82) is 0 Å². The number of thiophene rings is 1. The first kappa shape index (κ1) is 20.4. The molecule has 1 aromatic carbocycles. The molecule has 1 aromatic heterocycles. The first-order valence-corrected chi connectivity index (χ1v) is 11.2. The van der Waals surface area contributed by atoms with E-state index < -0.39 is 10.0 Å². The van der Waals surface area contributed by atoms with Gasteiger partial charge in [0, 0.05) is 43.2 Å². The van der Waals surface area contributed by atoms with Crippen LogP contribution in [0, 0.1) is 6.92 Å². The summed E-state index contributed by atoms with van der Waals surface area (Å²) in [5.74, 6) is 1.95. The predicted octanol–water partition coefficient (Wildman–Crippen LogP) is 2.18. The number of guanidine groups is 1. The van der Waals surface area contributed by atoms with E-state index in [1.54, 1.807) is 19.2 Å². The third kappa shape index (κ3) is 5.37. The second-order valence-electron chi connectivity index (χ2n) is 6.10. The van der Waals surface area contributed by atoms with Gasteiger partial charge in [-0.25, -0.2) is 13.1 Å². The molecule has 10 heteroatoms. The van der Waals surface area contributed by atoms with Crippen molar-refractivity contribution in [3.63, 3.8) is 0 Å². The summed E-state index contributed by atoms with van der Waals surface area (Å²) >= 11 is 1.25. The van der Waals surface area contributed by atoms with Gasteiger partial charge in [-0.1, -0.05) is 0 Å². The highest BCUT2D eigenvalue weighted by atomic mass is 32.2. The Morgan fingerprint density at radius 3 is 2.64 bits per heavy atom. The third-order valence-corrected chi connectivity index (χ3v) is 6.88. The molecule has 152 valence electrons. The molecule has 0 bridgehead atoms. The van der Waals surface area contributed by atoms with E-state index in [0.717, 1.165) is 22.7 Å². The van der Waals surface area contributed by atoms with E-state index in [9.17, 15) is 8.42 Å². The topological polar surface area (TPSA) is 101 Å². The zero-order valence-electron chi connectivity index (χ0n) is 15.8. The maximum Gasteiger partial charge on any atom is 0.250 e. The summed E-state index contributed by atoms with van der Waals surface area (Å²) in [6, 6.07) is 8.99. The number of nitrogens with zero attached hydrogens (tertiary/aromatic N) is 1. The Hall–Kier alpha value is -2.30. The number of fused-ring (bicyclic) bond motifs is 1. The van der Waals surface area contributed by atoms with Crippen LogP contribution in [0.25, 0.3) is 0 Å². The van der Waals surface area contributed by atoms with Gasteiger partial charge in [-0.2, -0.15) is 0 Å². The molecule has 8 nitrogen and oxygen atoms in total. The molecule has 0 radical (unpaired) electrons. The van der Waals surface area contributed by atoms with Gasteiger partial charge in [-0.15, -0.1) is 11.3 Å². The minimum Gasteiger partial charge on any atom is -0.490 e. The van der Waals surface area contributed by atoms with E-state index in [-0.39, 0.29) is 6.54 Å². The molecule has 0 atom stereocenters. The molecule has 2 heterocycles. The lowest BCUT2D eigenvalue weighted by Gasteiger charge is -2.14.